The summed E-state index contributed by atoms with van der Waals surface area (Å²) in [7, 11) is 0. The predicted octanol–water partition coefficient (Wildman–Crippen LogP) is 0.850. The number of aryl methyl sites for hydroxylation is 1. The molecule has 2 rings (SSSR count). The number of ether oxygens (including phenoxy) is 1. The van der Waals surface area contributed by atoms with E-state index in [2.05, 4.69) is 15.3 Å². The Balaban J connectivity index is 2.31. The fraction of sp³-hybridized carbons (Fsp3) is 0.600. The third-order valence-corrected chi connectivity index (χ3v) is 3.62. The van der Waals surface area contributed by atoms with Gasteiger partial charge in [-0.3, -0.25) is 0 Å². The zero-order valence-electron chi connectivity index (χ0n) is 13.5. The number of carbonyl (C=O) groups excluding carboxylic acids is 1. The Morgan fingerprint density at radius 3 is 2.61 bits per heavy atom. The second-order valence-corrected chi connectivity index (χ2v) is 5.36. The lowest BCUT2D eigenvalue weighted by Crippen LogP contribution is -2.44. The maximum absolute atomic E-state index is 12.2. The van der Waals surface area contributed by atoms with Gasteiger partial charge in [0.25, 0.3) is 0 Å². The maximum Gasteiger partial charge on any atom is 0.355 e. The van der Waals surface area contributed by atoms with E-state index in [9.17, 15) is 14.7 Å². The van der Waals surface area contributed by atoms with E-state index in [1.807, 2.05) is 11.8 Å². The van der Waals surface area contributed by atoms with Crippen LogP contribution in [-0.4, -0.2) is 59.8 Å². The highest BCUT2D eigenvalue weighted by Gasteiger charge is 2.26. The molecule has 1 fully saturated rings. The summed E-state index contributed by atoms with van der Waals surface area (Å²) in [6.07, 6.45) is 1.61. The number of hydrogen-bond donors (Lipinski definition) is 2. The number of nitrogens with zero attached hydrogens (tertiary/aromatic N) is 3. The van der Waals surface area contributed by atoms with Crippen LogP contribution in [-0.2, 0) is 4.74 Å². The Bertz CT molecular complexity index is 585. The molecule has 8 nitrogen and oxygen atoms in total. The predicted molar refractivity (Wildman–Crippen MR) is 84.0 cm³/mol. The van der Waals surface area contributed by atoms with Crippen LogP contribution < -0.4 is 10.2 Å². The first-order valence-electron chi connectivity index (χ1n) is 7.79. The van der Waals surface area contributed by atoms with Crippen molar-refractivity contribution in [3.63, 3.8) is 0 Å². The summed E-state index contributed by atoms with van der Waals surface area (Å²) in [6.45, 7) is 6.80. The van der Waals surface area contributed by atoms with Crippen molar-refractivity contribution in [1.29, 1.82) is 0 Å². The molecule has 0 radical (unpaired) electrons. The Kier molecular flexibility index (Phi) is 5.86. The van der Waals surface area contributed by atoms with Gasteiger partial charge in [-0.05, 0) is 13.3 Å². The molecule has 0 amide bonds. The highest BCUT2D eigenvalue weighted by molar-refractivity contribution is 6.02. The minimum absolute atomic E-state index is 0.0625. The fourth-order valence-corrected chi connectivity index (χ4v) is 2.34. The Hall–Kier alpha value is -2.22. The number of carboxylic acid groups (broad SMARTS) is 1. The zero-order chi connectivity index (χ0) is 16.8. The number of aromatic nitrogens is 2. The van der Waals surface area contributed by atoms with E-state index < -0.39 is 11.9 Å². The number of unbranched alkanes of at least 4 members (excludes halogenated alkanes) is 1. The Morgan fingerprint density at radius 2 is 2.00 bits per heavy atom. The quantitative estimate of drug-likeness (QED) is 0.587. The van der Waals surface area contributed by atoms with Crippen molar-refractivity contribution in [3.8, 4) is 0 Å². The molecule has 0 aromatic carbocycles. The average Bonchev–Trinajstić information content (AvgIpc) is 2.54. The summed E-state index contributed by atoms with van der Waals surface area (Å²) < 4.78 is 5.12. The van der Waals surface area contributed by atoms with Crippen LogP contribution >= 0.6 is 0 Å². The number of aromatic carboxylic acids is 1. The Morgan fingerprint density at radius 1 is 1.30 bits per heavy atom. The van der Waals surface area contributed by atoms with Gasteiger partial charge in [-0.25, -0.2) is 19.6 Å². The highest BCUT2D eigenvalue weighted by atomic mass is 16.5. The van der Waals surface area contributed by atoms with Gasteiger partial charge in [0, 0.05) is 26.2 Å². The van der Waals surface area contributed by atoms with Crippen LogP contribution in [0.3, 0.4) is 0 Å². The van der Waals surface area contributed by atoms with Crippen LogP contribution in [0.5, 0.6) is 0 Å². The van der Waals surface area contributed by atoms with E-state index in [4.69, 9.17) is 4.74 Å². The molecule has 0 bridgehead atoms. The number of carbonyl (C=O) groups is 2. The summed E-state index contributed by atoms with van der Waals surface area (Å²) in [5.74, 6) is -1.60. The summed E-state index contributed by atoms with van der Waals surface area (Å²) in [5.41, 5.74) is -0.0348. The van der Waals surface area contributed by atoms with Crippen LogP contribution in [0.4, 0.5) is 5.95 Å². The third-order valence-electron chi connectivity index (χ3n) is 3.62. The summed E-state index contributed by atoms with van der Waals surface area (Å²) in [4.78, 5) is 34.0. The van der Waals surface area contributed by atoms with Crippen molar-refractivity contribution >= 4 is 17.9 Å². The van der Waals surface area contributed by atoms with Crippen LogP contribution in [0.15, 0.2) is 0 Å². The standard InChI is InChI=1S/C15H22N4O4/c1-3-4-9-23-14(22)11-10(2)17-15(18-12(11)13(20)21)19-7-5-16-6-8-19/h16H,3-9H2,1-2H3,(H,20,21). The second kappa shape index (κ2) is 7.87. The number of carboxylic acids is 1. The second-order valence-electron chi connectivity index (χ2n) is 5.36. The molecule has 1 saturated heterocycles. The minimum atomic E-state index is -1.26. The van der Waals surface area contributed by atoms with Gasteiger partial charge in [0.05, 0.1) is 12.3 Å². The monoisotopic (exact) mass is 322 g/mol. The molecule has 2 heterocycles. The topological polar surface area (TPSA) is 105 Å². The molecule has 1 aromatic rings. The lowest BCUT2D eigenvalue weighted by Gasteiger charge is -2.28. The molecule has 0 spiro atoms. The Labute approximate surface area is 134 Å². The fourth-order valence-electron chi connectivity index (χ4n) is 2.34. The molecule has 126 valence electrons. The zero-order valence-corrected chi connectivity index (χ0v) is 13.5. The maximum atomic E-state index is 12.2. The van der Waals surface area contributed by atoms with Gasteiger partial charge in [-0.1, -0.05) is 13.3 Å². The van der Waals surface area contributed by atoms with Gasteiger partial charge >= 0.3 is 11.9 Å². The molecule has 2 N–H and O–H groups in total. The van der Waals surface area contributed by atoms with Crippen LogP contribution in [0.2, 0.25) is 0 Å². The SMILES string of the molecule is CCCCOC(=O)c1c(C)nc(N2CCNCC2)nc1C(=O)O. The number of rotatable bonds is 6. The van der Waals surface area contributed by atoms with E-state index in [1.54, 1.807) is 6.92 Å². The third kappa shape index (κ3) is 4.16. The number of hydrogen-bond acceptors (Lipinski definition) is 7. The van der Waals surface area contributed by atoms with Crippen LogP contribution in [0, 0.1) is 6.92 Å². The molecule has 1 aliphatic rings. The molecular weight excluding hydrogens is 300 g/mol. The van der Waals surface area contributed by atoms with Crippen LogP contribution in [0.1, 0.15) is 46.3 Å². The smallest absolute Gasteiger partial charge is 0.355 e. The van der Waals surface area contributed by atoms with Crippen molar-refractivity contribution in [2.45, 2.75) is 26.7 Å². The van der Waals surface area contributed by atoms with Crippen molar-refractivity contribution in [2.24, 2.45) is 0 Å². The molecule has 0 saturated carbocycles. The highest BCUT2D eigenvalue weighted by Crippen LogP contribution is 2.18. The lowest BCUT2D eigenvalue weighted by atomic mass is 10.1. The first-order valence-corrected chi connectivity index (χ1v) is 7.79. The molecule has 0 unspecified atom stereocenters. The molecular formula is C15H22N4O4. The van der Waals surface area contributed by atoms with E-state index in [1.165, 1.54) is 0 Å². The number of anilines is 1. The molecule has 8 heteroatoms. The van der Waals surface area contributed by atoms with Gasteiger partial charge in [0.2, 0.25) is 5.95 Å². The van der Waals surface area contributed by atoms with Gasteiger partial charge in [0.15, 0.2) is 5.69 Å². The molecule has 0 atom stereocenters. The largest absolute Gasteiger partial charge is 0.476 e. The van der Waals surface area contributed by atoms with Crippen molar-refractivity contribution < 1.29 is 19.4 Å². The van der Waals surface area contributed by atoms with Crippen LogP contribution in [0.25, 0.3) is 0 Å². The van der Waals surface area contributed by atoms with Gasteiger partial charge in [-0.2, -0.15) is 0 Å². The summed E-state index contributed by atoms with van der Waals surface area (Å²) in [6, 6.07) is 0. The minimum Gasteiger partial charge on any atom is -0.476 e. The van der Waals surface area contributed by atoms with Gasteiger partial charge < -0.3 is 20.1 Å². The average molecular weight is 322 g/mol. The number of nitrogens with one attached hydrogen (secondary N) is 1. The number of esters is 1. The van der Waals surface area contributed by atoms with E-state index in [0.717, 1.165) is 25.9 Å². The van der Waals surface area contributed by atoms with E-state index >= 15 is 0 Å². The van der Waals surface area contributed by atoms with Crippen molar-refractivity contribution in [1.82, 2.24) is 15.3 Å². The number of piperazine rings is 1. The molecule has 1 aliphatic heterocycles. The first kappa shape index (κ1) is 17.1. The molecule has 1 aromatic heterocycles. The lowest BCUT2D eigenvalue weighted by molar-refractivity contribution is 0.0486. The summed E-state index contributed by atoms with van der Waals surface area (Å²) in [5, 5.41) is 12.6. The van der Waals surface area contributed by atoms with Crippen molar-refractivity contribution in [3.05, 3.63) is 17.0 Å². The van der Waals surface area contributed by atoms with Gasteiger partial charge in [0.1, 0.15) is 5.56 Å². The molecule has 0 aliphatic carbocycles. The first-order chi connectivity index (χ1) is 11.0. The van der Waals surface area contributed by atoms with E-state index in [0.29, 0.717) is 24.7 Å². The van der Waals surface area contributed by atoms with E-state index in [-0.39, 0.29) is 17.9 Å². The van der Waals surface area contributed by atoms with Gasteiger partial charge in [-0.15, -0.1) is 0 Å². The normalized spacial score (nSPS) is 14.6. The molecule has 23 heavy (non-hydrogen) atoms. The summed E-state index contributed by atoms with van der Waals surface area (Å²) >= 11 is 0. The van der Waals surface area contributed by atoms with Crippen molar-refractivity contribution in [2.75, 3.05) is 37.7 Å².